The summed E-state index contributed by atoms with van der Waals surface area (Å²) in [6, 6.07) is 0. The largest absolute Gasteiger partial charge is 0.444 e. The second-order valence-corrected chi connectivity index (χ2v) is 4.88. The molecule has 0 bridgehead atoms. The number of hydrogen-bond donors (Lipinski definition) is 1. The summed E-state index contributed by atoms with van der Waals surface area (Å²) in [7, 11) is 0. The van der Waals surface area contributed by atoms with Crippen LogP contribution in [0.1, 0.15) is 34.6 Å². The number of carbonyl (C=O) groups excluding carboxylic acids is 1. The summed E-state index contributed by atoms with van der Waals surface area (Å²) in [6.07, 6.45) is 4.85. The quantitative estimate of drug-likeness (QED) is 0.689. The van der Waals surface area contributed by atoms with Gasteiger partial charge in [-0.1, -0.05) is 5.92 Å². The summed E-state index contributed by atoms with van der Waals surface area (Å²) in [5, 5.41) is 2.63. The third-order valence-corrected chi connectivity index (χ3v) is 1.46. The standard InChI is InChI=1S/C11H19NO2/c1-7-11(5,6)8-12-9(13)14-10(2,3)4/h1H,8H2,2-6H3,(H,12,13). The number of terminal acetylenes is 1. The summed E-state index contributed by atoms with van der Waals surface area (Å²) in [5.74, 6) is 2.59. The fraction of sp³-hybridized carbons (Fsp3) is 0.727. The van der Waals surface area contributed by atoms with Crippen LogP contribution in [-0.4, -0.2) is 18.2 Å². The highest BCUT2D eigenvalue weighted by atomic mass is 16.6. The number of hydrogen-bond acceptors (Lipinski definition) is 2. The van der Waals surface area contributed by atoms with Crippen LogP contribution in [0.3, 0.4) is 0 Å². The average molecular weight is 197 g/mol. The number of rotatable bonds is 2. The van der Waals surface area contributed by atoms with Crippen LogP contribution in [0, 0.1) is 17.8 Å². The molecule has 0 unspecified atom stereocenters. The second-order valence-electron chi connectivity index (χ2n) is 4.88. The molecular weight excluding hydrogens is 178 g/mol. The lowest BCUT2D eigenvalue weighted by molar-refractivity contribution is 0.0515. The molecule has 0 saturated heterocycles. The molecule has 14 heavy (non-hydrogen) atoms. The fourth-order valence-corrected chi connectivity index (χ4v) is 0.658. The van der Waals surface area contributed by atoms with E-state index in [1.54, 1.807) is 0 Å². The minimum Gasteiger partial charge on any atom is -0.444 e. The lowest BCUT2D eigenvalue weighted by atomic mass is 9.95. The lowest BCUT2D eigenvalue weighted by Crippen LogP contribution is -2.37. The van der Waals surface area contributed by atoms with Crippen LogP contribution in [0.15, 0.2) is 0 Å². The van der Waals surface area contributed by atoms with Crippen LogP contribution in [0.5, 0.6) is 0 Å². The van der Waals surface area contributed by atoms with E-state index < -0.39 is 11.7 Å². The predicted octanol–water partition coefficient (Wildman–Crippen LogP) is 2.17. The molecule has 0 heterocycles. The molecule has 0 aromatic carbocycles. The molecule has 1 N–H and O–H groups in total. The minimum atomic E-state index is -0.468. The summed E-state index contributed by atoms with van der Waals surface area (Å²) in [5.41, 5.74) is -0.804. The smallest absolute Gasteiger partial charge is 0.407 e. The van der Waals surface area contributed by atoms with Gasteiger partial charge in [0.2, 0.25) is 0 Å². The molecule has 0 saturated carbocycles. The van der Waals surface area contributed by atoms with Crippen molar-refractivity contribution in [2.45, 2.75) is 40.2 Å². The maximum atomic E-state index is 11.2. The van der Waals surface area contributed by atoms with Gasteiger partial charge in [-0.2, -0.15) is 0 Å². The summed E-state index contributed by atoms with van der Waals surface area (Å²) < 4.78 is 5.06. The van der Waals surface area contributed by atoms with Gasteiger partial charge in [-0.25, -0.2) is 4.79 Å². The van der Waals surface area contributed by atoms with Crippen molar-refractivity contribution in [3.63, 3.8) is 0 Å². The maximum absolute atomic E-state index is 11.2. The summed E-state index contributed by atoms with van der Waals surface area (Å²) >= 11 is 0. The maximum Gasteiger partial charge on any atom is 0.407 e. The van der Waals surface area contributed by atoms with Gasteiger partial charge in [0.25, 0.3) is 0 Å². The molecule has 0 rings (SSSR count). The van der Waals surface area contributed by atoms with Crippen LogP contribution < -0.4 is 5.32 Å². The molecule has 0 spiro atoms. The lowest BCUT2D eigenvalue weighted by Gasteiger charge is -2.22. The van der Waals surface area contributed by atoms with Crippen LogP contribution >= 0.6 is 0 Å². The molecule has 0 aliphatic heterocycles. The van der Waals surface area contributed by atoms with Gasteiger partial charge in [-0.3, -0.25) is 0 Å². The highest BCUT2D eigenvalue weighted by Gasteiger charge is 2.19. The average Bonchev–Trinajstić information content (AvgIpc) is 1.98. The monoisotopic (exact) mass is 197 g/mol. The Labute approximate surface area is 86.2 Å². The van der Waals surface area contributed by atoms with Gasteiger partial charge >= 0.3 is 6.09 Å². The van der Waals surface area contributed by atoms with Crippen LogP contribution in [-0.2, 0) is 4.74 Å². The van der Waals surface area contributed by atoms with E-state index in [4.69, 9.17) is 11.2 Å². The normalized spacial score (nSPS) is 11.7. The number of amides is 1. The van der Waals surface area contributed by atoms with E-state index in [0.717, 1.165) is 0 Å². The van der Waals surface area contributed by atoms with Crippen molar-refractivity contribution in [3.05, 3.63) is 0 Å². The Kier molecular flexibility index (Phi) is 4.00. The first kappa shape index (κ1) is 12.8. The number of alkyl carbamates (subject to hydrolysis) is 1. The molecule has 1 amide bonds. The Morgan fingerprint density at radius 3 is 2.21 bits per heavy atom. The molecule has 0 aromatic heterocycles. The van der Waals surface area contributed by atoms with E-state index >= 15 is 0 Å². The first-order valence-corrected chi connectivity index (χ1v) is 4.61. The van der Waals surface area contributed by atoms with Gasteiger partial charge in [0, 0.05) is 12.0 Å². The van der Waals surface area contributed by atoms with Gasteiger partial charge in [0.05, 0.1) is 0 Å². The molecule has 3 heteroatoms. The SMILES string of the molecule is C#CC(C)(C)CNC(=O)OC(C)(C)C. The predicted molar refractivity (Wildman–Crippen MR) is 56.9 cm³/mol. The molecule has 0 aromatic rings. The van der Waals surface area contributed by atoms with E-state index in [1.165, 1.54) is 0 Å². The van der Waals surface area contributed by atoms with Crippen molar-refractivity contribution in [1.82, 2.24) is 5.32 Å². The number of ether oxygens (including phenoxy) is 1. The second kappa shape index (κ2) is 4.36. The Bertz CT molecular complexity index is 243. The Morgan fingerprint density at radius 1 is 1.36 bits per heavy atom. The number of nitrogens with one attached hydrogen (secondary N) is 1. The number of carbonyl (C=O) groups is 1. The van der Waals surface area contributed by atoms with E-state index in [-0.39, 0.29) is 5.41 Å². The van der Waals surface area contributed by atoms with Crippen molar-refractivity contribution in [1.29, 1.82) is 0 Å². The highest BCUT2D eigenvalue weighted by Crippen LogP contribution is 2.11. The van der Waals surface area contributed by atoms with Crippen LogP contribution in [0.25, 0.3) is 0 Å². The van der Waals surface area contributed by atoms with E-state index in [2.05, 4.69) is 11.2 Å². The van der Waals surface area contributed by atoms with Crippen molar-refractivity contribution in [2.75, 3.05) is 6.54 Å². The molecule has 3 nitrogen and oxygen atoms in total. The van der Waals surface area contributed by atoms with E-state index in [0.29, 0.717) is 6.54 Å². The third kappa shape index (κ3) is 6.36. The minimum absolute atomic E-state index is 0.336. The first-order valence-electron chi connectivity index (χ1n) is 4.61. The van der Waals surface area contributed by atoms with Gasteiger partial charge in [0.15, 0.2) is 0 Å². The van der Waals surface area contributed by atoms with Crippen molar-refractivity contribution < 1.29 is 9.53 Å². The molecule has 0 aliphatic rings. The van der Waals surface area contributed by atoms with Crippen molar-refractivity contribution >= 4 is 6.09 Å². The topological polar surface area (TPSA) is 38.3 Å². The summed E-state index contributed by atoms with van der Waals surface area (Å²) in [4.78, 5) is 11.2. The molecule has 0 atom stereocenters. The molecule has 0 radical (unpaired) electrons. The zero-order valence-corrected chi connectivity index (χ0v) is 9.60. The zero-order chi connectivity index (χ0) is 11.4. The first-order chi connectivity index (χ1) is 6.16. The molecule has 0 aliphatic carbocycles. The van der Waals surface area contributed by atoms with Gasteiger partial charge in [-0.05, 0) is 34.6 Å². The molecule has 0 fully saturated rings. The van der Waals surface area contributed by atoms with Gasteiger partial charge < -0.3 is 10.1 Å². The molecular formula is C11H19NO2. The van der Waals surface area contributed by atoms with Crippen molar-refractivity contribution in [3.8, 4) is 12.3 Å². The Hall–Kier alpha value is -1.17. The van der Waals surface area contributed by atoms with Crippen LogP contribution in [0.2, 0.25) is 0 Å². The third-order valence-electron chi connectivity index (χ3n) is 1.46. The zero-order valence-electron chi connectivity index (χ0n) is 9.60. The highest BCUT2D eigenvalue weighted by molar-refractivity contribution is 5.67. The molecule has 80 valence electrons. The van der Waals surface area contributed by atoms with E-state index in [9.17, 15) is 4.79 Å². The van der Waals surface area contributed by atoms with Crippen LogP contribution in [0.4, 0.5) is 4.79 Å². The fourth-order valence-electron chi connectivity index (χ4n) is 0.658. The van der Waals surface area contributed by atoms with Crippen molar-refractivity contribution in [2.24, 2.45) is 5.41 Å². The van der Waals surface area contributed by atoms with Gasteiger partial charge in [-0.15, -0.1) is 6.42 Å². The Morgan fingerprint density at radius 2 is 1.86 bits per heavy atom. The Balaban J connectivity index is 3.95. The van der Waals surface area contributed by atoms with E-state index in [1.807, 2.05) is 34.6 Å². The summed E-state index contributed by atoms with van der Waals surface area (Å²) in [6.45, 7) is 9.63. The van der Waals surface area contributed by atoms with Gasteiger partial charge in [0.1, 0.15) is 5.60 Å².